The number of nitrogens with zero attached hydrogens (tertiary/aromatic N) is 9. The Bertz CT molecular complexity index is 5430. The minimum Gasteiger partial charge on any atom is -0.497 e. The molecule has 15 rings (SSSR count). The molecule has 30 nitrogen and oxygen atoms in total. The summed E-state index contributed by atoms with van der Waals surface area (Å²) in [6.45, 7) is 46.1. The summed E-state index contributed by atoms with van der Waals surface area (Å²) in [6.07, 6.45) is 20.1. The molecule has 0 spiro atoms. The molecule has 9 heterocycles. The van der Waals surface area contributed by atoms with Crippen molar-refractivity contribution in [1.82, 2.24) is 44.6 Å². The van der Waals surface area contributed by atoms with Crippen LogP contribution in [0.3, 0.4) is 0 Å². The van der Waals surface area contributed by atoms with Gasteiger partial charge in [-0.15, -0.1) is 0 Å². The zero-order valence-electron chi connectivity index (χ0n) is 88.5. The zero-order valence-corrected chi connectivity index (χ0v) is 88.5. The molecule has 0 N–H and O–H groups in total. The highest BCUT2D eigenvalue weighted by Crippen LogP contribution is 2.54. The second kappa shape index (κ2) is 42.6. The molecule has 3 saturated heterocycles. The van der Waals surface area contributed by atoms with Gasteiger partial charge < -0.3 is 71.5 Å². The third-order valence-electron chi connectivity index (χ3n) is 29.5. The topological polar surface area (TPSA) is 351 Å². The van der Waals surface area contributed by atoms with Gasteiger partial charge in [0.1, 0.15) is 104 Å². The molecule has 770 valence electrons. The van der Waals surface area contributed by atoms with E-state index in [-0.39, 0.29) is 92.3 Å². The SMILES string of the molecule is CC[C@@H]1[C@@H]2CN(C(=O)[C@H](C(C)(C)C)CC(=O)O[C@@]3(C)C[C@@H]3CCC/C=C/c3nc4ccc(OC)cc4nc3O2)[C@@H]1C(=O)OC(C)(C)C.CC[C@@H]1[C@@H]2CN(C(=O)[C@H](C(C)(C)C)CC(=O)O[C@]3(C)C[C@H]3CCC/C=C/c3nc4ccc(OC)cc4nc3O2)[C@@H]1C(=O)OC(C)(C)C.CC[C@@H]1[C@@H]2CN(C(=O)[C@H](C(C)(C)C)CC(=O)O[C@]3(C)C[C@H]3CCCCCc3nc4ccc(OC)cc4nc3O2)[C@@H]1C(=O)OC(C)(C)C. The molecule has 141 heavy (non-hydrogen) atoms. The number of aromatic nitrogens is 6. The van der Waals surface area contributed by atoms with Gasteiger partial charge >= 0.3 is 35.8 Å². The summed E-state index contributed by atoms with van der Waals surface area (Å²) in [4.78, 5) is 160. The third kappa shape index (κ3) is 26.1. The van der Waals surface area contributed by atoms with E-state index in [1.165, 1.54) is 0 Å². The third-order valence-corrected chi connectivity index (χ3v) is 29.5. The van der Waals surface area contributed by atoms with E-state index in [9.17, 15) is 43.2 Å². The Hall–Kier alpha value is -10.8. The predicted molar refractivity (Wildman–Crippen MR) is 535 cm³/mol. The molecular formula is C111H155N9O21. The number of allylic oxidation sites excluding steroid dienone is 2. The van der Waals surface area contributed by atoms with Crippen molar-refractivity contribution in [3.8, 4) is 34.9 Å². The highest BCUT2D eigenvalue weighted by atomic mass is 16.6. The monoisotopic (exact) mass is 1950 g/mol. The van der Waals surface area contributed by atoms with E-state index < -0.39 is 134 Å². The summed E-state index contributed by atoms with van der Waals surface area (Å²) in [6, 6.07) is 14.0. The number of rotatable bonds is 9. The first-order valence-electron chi connectivity index (χ1n) is 51.2. The maximum atomic E-state index is 14.6. The lowest BCUT2D eigenvalue weighted by molar-refractivity contribution is -0.168. The summed E-state index contributed by atoms with van der Waals surface area (Å²) in [7, 11) is 4.81. The van der Waals surface area contributed by atoms with Gasteiger partial charge in [-0.1, -0.05) is 108 Å². The molecule has 18 atom stereocenters. The predicted octanol–water partition coefficient (Wildman–Crippen LogP) is 19.5. The Labute approximate surface area is 832 Å². The van der Waals surface area contributed by atoms with Gasteiger partial charge in [0.15, 0.2) is 0 Å². The van der Waals surface area contributed by atoms with E-state index in [0.717, 1.165) is 94.7 Å². The first-order chi connectivity index (χ1) is 66.1. The number of hydrogen-bond acceptors (Lipinski definition) is 27. The molecule has 6 aliphatic heterocycles. The summed E-state index contributed by atoms with van der Waals surface area (Å²) >= 11 is 0. The van der Waals surface area contributed by atoms with E-state index in [0.29, 0.717) is 105 Å². The quantitative estimate of drug-likeness (QED) is 0.0958. The molecule has 6 aromatic rings. The Morgan fingerprint density at radius 1 is 0.383 bits per heavy atom. The molecule has 30 heteroatoms. The maximum absolute atomic E-state index is 14.6. The van der Waals surface area contributed by atoms with E-state index >= 15 is 0 Å². The summed E-state index contributed by atoms with van der Waals surface area (Å²) in [5.74, 6) is -2.87. The van der Waals surface area contributed by atoms with Crippen LogP contribution < -0.4 is 28.4 Å². The summed E-state index contributed by atoms with van der Waals surface area (Å²) in [5.41, 5.74) is 0.380. The molecule has 6 bridgehead atoms. The Kier molecular flexibility index (Phi) is 32.5. The molecule has 6 fully saturated rings. The number of carbonyl (C=O) groups is 9. The van der Waals surface area contributed by atoms with Crippen LogP contribution in [-0.4, -0.2) is 209 Å². The van der Waals surface area contributed by atoms with Gasteiger partial charge in [0, 0.05) is 53.7 Å². The molecule has 3 saturated carbocycles. The lowest BCUT2D eigenvalue weighted by atomic mass is 9.77. The number of fused-ring (bicyclic) bond motifs is 15. The van der Waals surface area contributed by atoms with Gasteiger partial charge in [-0.2, -0.15) is 0 Å². The van der Waals surface area contributed by atoms with Gasteiger partial charge in [-0.3, -0.25) is 28.8 Å². The van der Waals surface area contributed by atoms with Crippen LogP contribution in [0.1, 0.15) is 305 Å². The van der Waals surface area contributed by atoms with Crippen molar-refractivity contribution in [2.24, 2.45) is 69.5 Å². The van der Waals surface area contributed by atoms with Crippen LogP contribution in [0.4, 0.5) is 0 Å². The van der Waals surface area contributed by atoms with Crippen molar-refractivity contribution < 1.29 is 100.0 Å². The van der Waals surface area contributed by atoms with Gasteiger partial charge in [0.25, 0.3) is 0 Å². The van der Waals surface area contributed by atoms with Crippen LogP contribution in [0.2, 0.25) is 0 Å². The highest BCUT2D eigenvalue weighted by molar-refractivity contribution is 5.93. The second-order valence-corrected chi connectivity index (χ2v) is 47.2. The van der Waals surface area contributed by atoms with E-state index in [1.807, 2.05) is 233 Å². The molecule has 3 aliphatic carbocycles. The summed E-state index contributed by atoms with van der Waals surface area (Å²) in [5, 5.41) is 0. The Balaban J connectivity index is 0.000000178. The molecular weight excluding hydrogens is 1800 g/mol. The number of amides is 3. The second-order valence-electron chi connectivity index (χ2n) is 47.2. The van der Waals surface area contributed by atoms with E-state index in [4.69, 9.17) is 86.7 Å². The normalized spacial score (nSPS) is 29.4. The minimum atomic E-state index is -0.905. The van der Waals surface area contributed by atoms with Crippen molar-refractivity contribution in [2.75, 3.05) is 41.0 Å². The fourth-order valence-electron chi connectivity index (χ4n) is 21.1. The average molecular weight is 1950 g/mol. The van der Waals surface area contributed by atoms with Crippen molar-refractivity contribution in [2.45, 2.75) is 365 Å². The fourth-order valence-corrected chi connectivity index (χ4v) is 21.1. The van der Waals surface area contributed by atoms with Gasteiger partial charge in [0.2, 0.25) is 35.4 Å². The molecule has 3 aromatic carbocycles. The minimum absolute atomic E-state index is 0.0629. The number of aryl methyl sites for hydroxylation is 1. The zero-order chi connectivity index (χ0) is 103. The van der Waals surface area contributed by atoms with E-state index in [1.54, 1.807) is 36.0 Å². The maximum Gasteiger partial charge on any atom is 0.329 e. The van der Waals surface area contributed by atoms with Crippen molar-refractivity contribution in [3.63, 3.8) is 0 Å². The Morgan fingerprint density at radius 2 is 0.681 bits per heavy atom. The van der Waals surface area contributed by atoms with Crippen LogP contribution in [0.25, 0.3) is 45.3 Å². The smallest absolute Gasteiger partial charge is 0.329 e. The van der Waals surface area contributed by atoms with Crippen LogP contribution in [0.15, 0.2) is 66.7 Å². The van der Waals surface area contributed by atoms with Crippen LogP contribution >= 0.6 is 0 Å². The highest BCUT2D eigenvalue weighted by Gasteiger charge is 2.60. The number of hydrogen-bond donors (Lipinski definition) is 0. The fraction of sp³-hybridized carbons (Fsp3) is 0.667. The molecule has 3 aromatic heterocycles. The van der Waals surface area contributed by atoms with E-state index in [2.05, 4.69) is 12.2 Å². The van der Waals surface area contributed by atoms with Crippen molar-refractivity contribution in [1.29, 1.82) is 0 Å². The Morgan fingerprint density at radius 3 is 0.979 bits per heavy atom. The average Bonchev–Trinajstić information content (AvgIpc) is 1.62. The number of carbonyl (C=O) groups excluding carboxylic acids is 9. The van der Waals surface area contributed by atoms with Gasteiger partial charge in [-0.25, -0.2) is 44.3 Å². The van der Waals surface area contributed by atoms with Crippen molar-refractivity contribution >= 4 is 98.8 Å². The van der Waals surface area contributed by atoms with Crippen molar-refractivity contribution in [3.05, 3.63) is 83.8 Å². The van der Waals surface area contributed by atoms with Crippen LogP contribution in [-0.2, 0) is 78.0 Å². The number of esters is 6. The standard InChI is InChI=1S/C37H53N3O7.2C37H51N3O7/c3*1-10-24-29-21-40(31(24)34(43)47-36(5,6)7)33(42)25(35(2,3)4)19-30(41)46-37(8)20-22(37)14-12-11-13-15-27-32(45-29)39-28-18-23(44-9)16-17-26(28)38-27/h16-18,22,24-25,29,31H,10-15,19-21H2,1-9H3;2*13,15-18,22,24-25,29,31H,10-12,14,19-21H2,1-9H3/b;2*15-13+/t22-,24-,25-,29+,31+,37-;22-,24+,25+,29-,31-,37-;22-,24-,25-,29+,31+,37-/m101/s1. The largest absolute Gasteiger partial charge is 0.497 e. The molecule has 3 amide bonds. The van der Waals surface area contributed by atoms with Crippen LogP contribution in [0.5, 0.6) is 34.9 Å². The lowest BCUT2D eigenvalue weighted by Gasteiger charge is -2.35. The first kappa shape index (κ1) is 107. The first-order valence-corrected chi connectivity index (χ1v) is 51.2. The number of ether oxygens (including phenoxy) is 12. The number of methoxy groups -OCH3 is 3. The molecule has 0 radical (unpaired) electrons. The lowest BCUT2D eigenvalue weighted by Crippen LogP contribution is -2.50. The van der Waals surface area contributed by atoms with Gasteiger partial charge in [0.05, 0.1) is 111 Å². The van der Waals surface area contributed by atoms with Gasteiger partial charge in [-0.05, 0) is 244 Å². The summed E-state index contributed by atoms with van der Waals surface area (Å²) < 4.78 is 72.3. The molecule has 9 aliphatic rings. The van der Waals surface area contributed by atoms with Crippen LogP contribution in [0, 0.1) is 69.5 Å². The number of benzene rings is 3. The molecule has 0 unspecified atom stereocenters.